The molecule has 0 radical (unpaired) electrons. The summed E-state index contributed by atoms with van der Waals surface area (Å²) >= 11 is 0. The predicted molar refractivity (Wildman–Crippen MR) is 75.5 cm³/mol. The summed E-state index contributed by atoms with van der Waals surface area (Å²) in [6.45, 7) is 2.59. The number of ether oxygens (including phenoxy) is 1. The molecule has 3 rings (SSSR count). The molecule has 1 aromatic rings. The number of carbonyl (C=O) groups is 2. The van der Waals surface area contributed by atoms with E-state index in [2.05, 4.69) is 0 Å². The number of hydrogen-bond donors (Lipinski definition) is 1. The molecule has 0 unspecified atom stereocenters. The molecule has 22 heavy (non-hydrogen) atoms. The minimum absolute atomic E-state index is 0.0711. The molecule has 2 aliphatic rings. The number of benzene rings is 1. The highest BCUT2D eigenvalue weighted by atomic mass is 16.6. The van der Waals surface area contributed by atoms with Crippen LogP contribution in [0.3, 0.4) is 0 Å². The lowest BCUT2D eigenvalue weighted by Crippen LogP contribution is -3.18. The monoisotopic (exact) mass is 306 g/mol. The van der Waals surface area contributed by atoms with E-state index in [1.807, 2.05) is 0 Å². The lowest BCUT2D eigenvalue weighted by Gasteiger charge is -2.27. The summed E-state index contributed by atoms with van der Waals surface area (Å²) in [7, 11) is 0. The number of carbonyl (C=O) groups excluding carboxylic acids is 2. The fourth-order valence-corrected chi connectivity index (χ4v) is 2.93. The molecular weight excluding hydrogens is 290 g/mol. The Bertz CT molecular complexity index is 609. The third-order valence-electron chi connectivity index (χ3n) is 4.09. The van der Waals surface area contributed by atoms with Crippen LogP contribution in [-0.2, 0) is 14.3 Å². The minimum Gasteiger partial charge on any atom is -0.370 e. The zero-order valence-corrected chi connectivity index (χ0v) is 11.9. The quantitative estimate of drug-likeness (QED) is 0.445. The molecule has 116 valence electrons. The molecule has 2 fully saturated rings. The number of hydrogen-bond acceptors (Lipinski definition) is 5. The zero-order valence-electron chi connectivity index (χ0n) is 11.9. The van der Waals surface area contributed by atoms with Crippen LogP contribution < -0.4 is 9.80 Å². The largest absolute Gasteiger partial charge is 0.370 e. The number of rotatable bonds is 3. The number of non-ortho nitro benzene ring substituents is 1. The molecular formula is C14H16N3O5+. The van der Waals surface area contributed by atoms with Gasteiger partial charge in [-0.1, -0.05) is 0 Å². The number of amides is 2. The first-order valence-electron chi connectivity index (χ1n) is 7.11. The van der Waals surface area contributed by atoms with Crippen LogP contribution in [-0.4, -0.2) is 49.1 Å². The van der Waals surface area contributed by atoms with Gasteiger partial charge in [-0.25, -0.2) is 4.90 Å². The lowest BCUT2D eigenvalue weighted by atomic mass is 10.2. The molecule has 1 N–H and O–H groups in total. The highest BCUT2D eigenvalue weighted by molar-refractivity contribution is 6.21. The van der Waals surface area contributed by atoms with Crippen LogP contribution in [0.25, 0.3) is 0 Å². The van der Waals surface area contributed by atoms with Crippen molar-refractivity contribution in [2.75, 3.05) is 31.2 Å². The van der Waals surface area contributed by atoms with E-state index in [9.17, 15) is 19.7 Å². The van der Waals surface area contributed by atoms with Gasteiger partial charge in [-0.2, -0.15) is 0 Å². The van der Waals surface area contributed by atoms with Gasteiger partial charge >= 0.3 is 0 Å². The van der Waals surface area contributed by atoms with Crippen LogP contribution >= 0.6 is 0 Å². The summed E-state index contributed by atoms with van der Waals surface area (Å²) in [5, 5.41) is 10.7. The Morgan fingerprint density at radius 2 is 1.82 bits per heavy atom. The van der Waals surface area contributed by atoms with Gasteiger partial charge in [-0.15, -0.1) is 0 Å². The number of imide groups is 1. The Morgan fingerprint density at radius 1 is 1.18 bits per heavy atom. The number of anilines is 1. The third kappa shape index (κ3) is 2.58. The van der Waals surface area contributed by atoms with Crippen molar-refractivity contribution >= 4 is 23.2 Å². The van der Waals surface area contributed by atoms with Crippen molar-refractivity contribution in [3.8, 4) is 0 Å². The second-order valence-corrected chi connectivity index (χ2v) is 5.37. The molecule has 1 atom stereocenters. The van der Waals surface area contributed by atoms with Crippen molar-refractivity contribution in [1.82, 2.24) is 0 Å². The lowest BCUT2D eigenvalue weighted by molar-refractivity contribution is -0.922. The smallest absolute Gasteiger partial charge is 0.292 e. The number of nitrogens with zero attached hydrogens (tertiary/aromatic N) is 2. The molecule has 0 aromatic heterocycles. The number of nitro benzene ring substituents is 1. The summed E-state index contributed by atoms with van der Waals surface area (Å²) in [5.74, 6) is -0.501. The van der Waals surface area contributed by atoms with Crippen LogP contribution in [0.4, 0.5) is 11.4 Å². The average molecular weight is 306 g/mol. The molecule has 2 saturated heterocycles. The van der Waals surface area contributed by atoms with E-state index >= 15 is 0 Å². The van der Waals surface area contributed by atoms with Crippen molar-refractivity contribution in [3.05, 3.63) is 34.4 Å². The maximum absolute atomic E-state index is 12.5. The molecule has 8 heteroatoms. The topological polar surface area (TPSA) is 94.2 Å². The first kappa shape index (κ1) is 14.6. The van der Waals surface area contributed by atoms with Gasteiger partial charge in [0.15, 0.2) is 6.04 Å². The fraction of sp³-hybridized carbons (Fsp3) is 0.429. The standard InChI is InChI=1S/C14H15N3O5/c18-13-9-12(15-5-7-22-8-6-15)14(19)16(13)10-1-3-11(4-2-10)17(20)21/h1-4,12H,5-9H2/p+1/t12-/m0/s1. The van der Waals surface area contributed by atoms with Gasteiger partial charge in [0.05, 0.1) is 30.2 Å². The van der Waals surface area contributed by atoms with E-state index in [1.54, 1.807) is 0 Å². The zero-order chi connectivity index (χ0) is 15.7. The number of nitrogens with one attached hydrogen (secondary N) is 1. The van der Waals surface area contributed by atoms with E-state index in [4.69, 9.17) is 4.74 Å². The van der Waals surface area contributed by atoms with Crippen LogP contribution in [0.5, 0.6) is 0 Å². The second-order valence-electron chi connectivity index (χ2n) is 5.37. The van der Waals surface area contributed by atoms with Crippen molar-refractivity contribution in [3.63, 3.8) is 0 Å². The van der Waals surface area contributed by atoms with Crippen molar-refractivity contribution < 1.29 is 24.1 Å². The predicted octanol–water partition coefficient (Wildman–Crippen LogP) is -0.858. The van der Waals surface area contributed by atoms with Crippen LogP contribution in [0.1, 0.15) is 6.42 Å². The molecule has 0 saturated carbocycles. The van der Waals surface area contributed by atoms with Gasteiger partial charge in [-0.05, 0) is 12.1 Å². The van der Waals surface area contributed by atoms with Crippen LogP contribution in [0, 0.1) is 10.1 Å². The van der Waals surface area contributed by atoms with E-state index in [0.29, 0.717) is 32.0 Å². The van der Waals surface area contributed by atoms with Crippen molar-refractivity contribution in [2.24, 2.45) is 0 Å². The maximum atomic E-state index is 12.5. The third-order valence-corrected chi connectivity index (χ3v) is 4.09. The Kier molecular flexibility index (Phi) is 3.86. The highest BCUT2D eigenvalue weighted by Gasteiger charge is 2.46. The minimum atomic E-state index is -0.516. The molecule has 2 heterocycles. The van der Waals surface area contributed by atoms with Gasteiger partial charge in [0, 0.05) is 12.1 Å². The number of morpholine rings is 1. The fourth-order valence-electron chi connectivity index (χ4n) is 2.93. The highest BCUT2D eigenvalue weighted by Crippen LogP contribution is 2.24. The van der Waals surface area contributed by atoms with Crippen molar-refractivity contribution in [2.45, 2.75) is 12.5 Å². The second kappa shape index (κ2) is 5.82. The van der Waals surface area contributed by atoms with E-state index in [0.717, 1.165) is 9.80 Å². The maximum Gasteiger partial charge on any atom is 0.292 e. The first-order valence-corrected chi connectivity index (χ1v) is 7.11. The van der Waals surface area contributed by atoms with E-state index in [-0.39, 0.29) is 30.0 Å². The summed E-state index contributed by atoms with van der Waals surface area (Å²) in [6, 6.07) is 5.08. The Balaban J connectivity index is 1.80. The Labute approximate surface area is 126 Å². The van der Waals surface area contributed by atoms with Crippen LogP contribution in [0.2, 0.25) is 0 Å². The molecule has 0 spiro atoms. The first-order chi connectivity index (χ1) is 10.6. The van der Waals surface area contributed by atoms with Crippen molar-refractivity contribution in [1.29, 1.82) is 0 Å². The molecule has 0 aliphatic carbocycles. The van der Waals surface area contributed by atoms with Gasteiger partial charge in [0.2, 0.25) is 5.91 Å². The van der Waals surface area contributed by atoms with Gasteiger partial charge < -0.3 is 9.64 Å². The molecule has 1 aromatic carbocycles. The molecule has 0 bridgehead atoms. The summed E-state index contributed by atoms with van der Waals surface area (Å²) < 4.78 is 5.27. The SMILES string of the molecule is O=C1C[C@H]([NH+]2CCOCC2)C(=O)N1c1ccc([N+](=O)[O-])cc1. The van der Waals surface area contributed by atoms with Gasteiger partial charge in [-0.3, -0.25) is 19.7 Å². The average Bonchev–Trinajstić information content (AvgIpc) is 2.83. The normalized spacial score (nSPS) is 23.1. The van der Waals surface area contributed by atoms with Gasteiger partial charge in [0.1, 0.15) is 13.1 Å². The molecule has 8 nitrogen and oxygen atoms in total. The van der Waals surface area contributed by atoms with Gasteiger partial charge in [0.25, 0.3) is 11.6 Å². The Morgan fingerprint density at radius 3 is 2.41 bits per heavy atom. The number of quaternary nitrogens is 1. The molecule has 2 aliphatic heterocycles. The number of nitro groups is 1. The summed E-state index contributed by atoms with van der Waals surface area (Å²) in [5.41, 5.74) is 0.314. The van der Waals surface area contributed by atoms with E-state index in [1.165, 1.54) is 24.3 Å². The van der Waals surface area contributed by atoms with E-state index < -0.39 is 4.92 Å². The summed E-state index contributed by atoms with van der Waals surface area (Å²) in [4.78, 5) is 37.1. The van der Waals surface area contributed by atoms with Crippen LogP contribution in [0.15, 0.2) is 24.3 Å². The molecule has 2 amide bonds. The Hall–Kier alpha value is -2.32. The summed E-state index contributed by atoms with van der Waals surface area (Å²) in [6.07, 6.45) is 0.172.